The number of ketones is 2. The van der Waals surface area contributed by atoms with Gasteiger partial charge in [-0.15, -0.1) is 0 Å². The predicted octanol–water partition coefficient (Wildman–Crippen LogP) is 1.94. The second-order valence-electron chi connectivity index (χ2n) is 3.25. The Balaban J connectivity index is 0.000000293. The van der Waals surface area contributed by atoms with E-state index in [4.69, 9.17) is 5.11 Å². The fourth-order valence-corrected chi connectivity index (χ4v) is 0.931. The van der Waals surface area contributed by atoms with Crippen LogP contribution in [0.3, 0.4) is 0 Å². The van der Waals surface area contributed by atoms with Gasteiger partial charge in [0.15, 0.2) is 0 Å². The minimum absolute atomic E-state index is 0.0625. The number of Topliss-reactive ketones (excluding diaryl/α,β-unsaturated/α-hetero) is 2. The number of hydrogen-bond donors (Lipinski definition) is 1. The lowest BCUT2D eigenvalue weighted by Gasteiger charge is -1.88. The SMILES string of the molecule is CC(=O)CC(C)=O.O=C(O)c1ccccc1. The topological polar surface area (TPSA) is 71.4 Å². The maximum Gasteiger partial charge on any atom is 0.335 e. The van der Waals surface area contributed by atoms with Crippen LogP contribution in [0.4, 0.5) is 0 Å². The van der Waals surface area contributed by atoms with Crippen molar-refractivity contribution in [1.29, 1.82) is 0 Å². The fraction of sp³-hybridized carbons (Fsp3) is 0.250. The summed E-state index contributed by atoms with van der Waals surface area (Å²) in [6.45, 7) is 2.81. The van der Waals surface area contributed by atoms with Gasteiger partial charge in [0.25, 0.3) is 0 Å². The average molecular weight is 222 g/mol. The predicted molar refractivity (Wildman–Crippen MR) is 59.4 cm³/mol. The third kappa shape index (κ3) is 7.44. The van der Waals surface area contributed by atoms with E-state index in [9.17, 15) is 14.4 Å². The standard InChI is InChI=1S/C7H6O2.C5H8O2/c8-7(9)6-4-2-1-3-5-6;1-4(6)3-5(2)7/h1-5H,(H,8,9);3H2,1-2H3. The summed E-state index contributed by atoms with van der Waals surface area (Å²) in [5.41, 5.74) is 0.331. The first kappa shape index (κ1) is 14.0. The number of benzene rings is 1. The summed E-state index contributed by atoms with van der Waals surface area (Å²) >= 11 is 0. The van der Waals surface area contributed by atoms with Gasteiger partial charge in [-0.25, -0.2) is 4.79 Å². The van der Waals surface area contributed by atoms with Crippen LogP contribution in [-0.2, 0) is 9.59 Å². The van der Waals surface area contributed by atoms with Crippen molar-refractivity contribution >= 4 is 17.5 Å². The van der Waals surface area contributed by atoms with Gasteiger partial charge in [-0.05, 0) is 26.0 Å². The molecule has 0 unspecified atom stereocenters. The van der Waals surface area contributed by atoms with Crippen LogP contribution >= 0.6 is 0 Å². The van der Waals surface area contributed by atoms with E-state index in [0.717, 1.165) is 0 Å². The molecule has 0 spiro atoms. The molecule has 4 heteroatoms. The molecule has 1 rings (SSSR count). The third-order valence-corrected chi connectivity index (χ3v) is 1.52. The Labute approximate surface area is 93.9 Å². The number of carbonyl (C=O) groups is 3. The lowest BCUT2D eigenvalue weighted by Crippen LogP contribution is -1.97. The largest absolute Gasteiger partial charge is 0.478 e. The molecule has 1 N–H and O–H groups in total. The van der Waals surface area contributed by atoms with Gasteiger partial charge < -0.3 is 5.11 Å². The summed E-state index contributed by atoms with van der Waals surface area (Å²) in [6, 6.07) is 8.30. The van der Waals surface area contributed by atoms with Crippen LogP contribution in [0.15, 0.2) is 30.3 Å². The number of carbonyl (C=O) groups excluding carboxylic acids is 2. The Kier molecular flexibility index (Phi) is 6.43. The van der Waals surface area contributed by atoms with Crippen molar-refractivity contribution in [3.05, 3.63) is 35.9 Å². The monoisotopic (exact) mass is 222 g/mol. The van der Waals surface area contributed by atoms with Crippen LogP contribution in [0.25, 0.3) is 0 Å². The Morgan fingerprint density at radius 1 is 1.00 bits per heavy atom. The van der Waals surface area contributed by atoms with Gasteiger partial charge in [0, 0.05) is 0 Å². The molecule has 0 aliphatic heterocycles. The zero-order chi connectivity index (χ0) is 12.6. The first-order valence-corrected chi connectivity index (χ1v) is 4.70. The van der Waals surface area contributed by atoms with E-state index in [1.807, 2.05) is 0 Å². The van der Waals surface area contributed by atoms with Gasteiger partial charge in [-0.1, -0.05) is 18.2 Å². The molecule has 0 heterocycles. The highest BCUT2D eigenvalue weighted by atomic mass is 16.4. The number of aromatic carboxylic acids is 1. The molecular formula is C12H14O4. The highest BCUT2D eigenvalue weighted by Crippen LogP contribution is 1.96. The van der Waals surface area contributed by atoms with Gasteiger partial charge in [-0.2, -0.15) is 0 Å². The highest BCUT2D eigenvalue weighted by Gasteiger charge is 1.96. The quantitative estimate of drug-likeness (QED) is 0.793. The normalized spacial score (nSPS) is 8.62. The van der Waals surface area contributed by atoms with E-state index in [1.54, 1.807) is 30.3 Å². The Bertz CT molecular complexity index is 356. The van der Waals surface area contributed by atoms with E-state index in [0.29, 0.717) is 5.56 Å². The molecule has 0 saturated carbocycles. The molecule has 1 aromatic carbocycles. The second-order valence-corrected chi connectivity index (χ2v) is 3.25. The van der Waals surface area contributed by atoms with E-state index in [-0.39, 0.29) is 18.0 Å². The van der Waals surface area contributed by atoms with Crippen molar-refractivity contribution < 1.29 is 19.5 Å². The maximum atomic E-state index is 10.2. The Morgan fingerprint density at radius 2 is 1.44 bits per heavy atom. The van der Waals surface area contributed by atoms with E-state index < -0.39 is 5.97 Å². The van der Waals surface area contributed by atoms with Crippen molar-refractivity contribution in [2.24, 2.45) is 0 Å². The zero-order valence-corrected chi connectivity index (χ0v) is 9.27. The number of carboxylic acids is 1. The minimum Gasteiger partial charge on any atom is -0.478 e. The van der Waals surface area contributed by atoms with Crippen molar-refractivity contribution in [2.75, 3.05) is 0 Å². The molecule has 0 bridgehead atoms. The number of rotatable bonds is 3. The average Bonchev–Trinajstić information content (AvgIpc) is 2.17. The maximum absolute atomic E-state index is 10.2. The molecule has 4 nitrogen and oxygen atoms in total. The molecule has 0 aliphatic carbocycles. The third-order valence-electron chi connectivity index (χ3n) is 1.52. The van der Waals surface area contributed by atoms with Crippen LogP contribution in [0.2, 0.25) is 0 Å². The minimum atomic E-state index is -0.879. The molecule has 0 aliphatic rings. The second kappa shape index (κ2) is 7.34. The van der Waals surface area contributed by atoms with Crippen LogP contribution in [0.5, 0.6) is 0 Å². The Morgan fingerprint density at radius 3 is 1.62 bits per heavy atom. The molecule has 0 atom stereocenters. The lowest BCUT2D eigenvalue weighted by atomic mass is 10.2. The molecule has 0 saturated heterocycles. The molecule has 1 aromatic rings. The van der Waals surface area contributed by atoms with Crippen molar-refractivity contribution in [1.82, 2.24) is 0 Å². The van der Waals surface area contributed by atoms with Gasteiger partial charge in [-0.3, -0.25) is 9.59 Å². The molecule has 0 fully saturated rings. The summed E-state index contributed by atoms with van der Waals surface area (Å²) in [7, 11) is 0. The highest BCUT2D eigenvalue weighted by molar-refractivity contribution is 5.96. The molecule has 0 amide bonds. The first-order valence-electron chi connectivity index (χ1n) is 4.70. The van der Waals surface area contributed by atoms with E-state index in [2.05, 4.69) is 0 Å². The zero-order valence-electron chi connectivity index (χ0n) is 9.27. The van der Waals surface area contributed by atoms with E-state index >= 15 is 0 Å². The summed E-state index contributed by atoms with van der Waals surface area (Å²) < 4.78 is 0. The summed E-state index contributed by atoms with van der Waals surface area (Å²) in [4.78, 5) is 30.3. The summed E-state index contributed by atoms with van der Waals surface area (Å²) in [6.07, 6.45) is 0.0833. The van der Waals surface area contributed by atoms with E-state index in [1.165, 1.54) is 13.8 Å². The van der Waals surface area contributed by atoms with Crippen LogP contribution < -0.4 is 0 Å². The molecule has 0 radical (unpaired) electrons. The number of carboxylic acid groups (broad SMARTS) is 1. The summed E-state index contributed by atoms with van der Waals surface area (Å²) in [5.74, 6) is -1.00. The fourth-order valence-electron chi connectivity index (χ4n) is 0.931. The number of hydrogen-bond acceptors (Lipinski definition) is 3. The van der Waals surface area contributed by atoms with Crippen LogP contribution in [0.1, 0.15) is 30.6 Å². The van der Waals surface area contributed by atoms with Gasteiger partial charge >= 0.3 is 5.97 Å². The Hall–Kier alpha value is -1.97. The smallest absolute Gasteiger partial charge is 0.335 e. The van der Waals surface area contributed by atoms with Gasteiger partial charge in [0.05, 0.1) is 12.0 Å². The van der Waals surface area contributed by atoms with Crippen molar-refractivity contribution in [3.63, 3.8) is 0 Å². The molecule has 0 aromatic heterocycles. The van der Waals surface area contributed by atoms with Gasteiger partial charge in [0.2, 0.25) is 0 Å². The molecule has 16 heavy (non-hydrogen) atoms. The lowest BCUT2D eigenvalue weighted by molar-refractivity contribution is -0.124. The van der Waals surface area contributed by atoms with Crippen LogP contribution in [0, 0.1) is 0 Å². The summed E-state index contributed by atoms with van der Waals surface area (Å²) in [5, 5.41) is 8.38. The molecule has 86 valence electrons. The van der Waals surface area contributed by atoms with Crippen LogP contribution in [-0.4, -0.2) is 22.6 Å². The van der Waals surface area contributed by atoms with Crippen molar-refractivity contribution in [2.45, 2.75) is 20.3 Å². The first-order chi connectivity index (χ1) is 7.43. The molecular weight excluding hydrogens is 208 g/mol. The van der Waals surface area contributed by atoms with Gasteiger partial charge in [0.1, 0.15) is 11.6 Å². The van der Waals surface area contributed by atoms with Crippen molar-refractivity contribution in [3.8, 4) is 0 Å².